The van der Waals surface area contributed by atoms with E-state index in [9.17, 15) is 18.0 Å². The standard InChI is InChI=1S/C17H20N2O5S2/c1-2-8-19(12-16(20)21)17(22)13-5-3-7-15(10-13)26(23,24)18-11-14-6-4-9-25-14/h3-7,9-10,18H,2,8,11-12H2,1H3,(H,20,21). The molecule has 7 nitrogen and oxygen atoms in total. The summed E-state index contributed by atoms with van der Waals surface area (Å²) in [5.74, 6) is -1.63. The Morgan fingerprint density at radius 2 is 2.00 bits per heavy atom. The highest BCUT2D eigenvalue weighted by Gasteiger charge is 2.21. The van der Waals surface area contributed by atoms with Gasteiger partial charge in [-0.1, -0.05) is 19.1 Å². The first-order valence-electron chi connectivity index (χ1n) is 7.96. The molecule has 140 valence electrons. The number of carbonyl (C=O) groups excluding carboxylic acids is 1. The van der Waals surface area contributed by atoms with Crippen molar-refractivity contribution in [2.75, 3.05) is 13.1 Å². The highest BCUT2D eigenvalue weighted by molar-refractivity contribution is 7.89. The van der Waals surface area contributed by atoms with Crippen LogP contribution in [0.25, 0.3) is 0 Å². The third-order valence-corrected chi connectivity index (χ3v) is 5.79. The fourth-order valence-corrected chi connectivity index (χ4v) is 4.12. The molecule has 0 atom stereocenters. The Bertz CT molecular complexity index is 863. The van der Waals surface area contributed by atoms with Crippen molar-refractivity contribution in [1.29, 1.82) is 0 Å². The van der Waals surface area contributed by atoms with Crippen LogP contribution in [0.15, 0.2) is 46.7 Å². The zero-order valence-electron chi connectivity index (χ0n) is 14.2. The molecule has 1 heterocycles. The summed E-state index contributed by atoms with van der Waals surface area (Å²) < 4.78 is 27.4. The van der Waals surface area contributed by atoms with Crippen molar-refractivity contribution >= 4 is 33.2 Å². The Labute approximate surface area is 156 Å². The minimum Gasteiger partial charge on any atom is -0.480 e. The van der Waals surface area contributed by atoms with Crippen LogP contribution in [-0.4, -0.2) is 43.4 Å². The van der Waals surface area contributed by atoms with Gasteiger partial charge in [0.2, 0.25) is 10.0 Å². The van der Waals surface area contributed by atoms with Crippen LogP contribution in [-0.2, 0) is 21.4 Å². The Hall–Kier alpha value is -2.23. The second-order valence-corrected chi connectivity index (χ2v) is 8.35. The van der Waals surface area contributed by atoms with E-state index in [1.807, 2.05) is 24.4 Å². The molecule has 0 aliphatic heterocycles. The van der Waals surface area contributed by atoms with Gasteiger partial charge in [0.25, 0.3) is 5.91 Å². The van der Waals surface area contributed by atoms with Crippen LogP contribution in [0.1, 0.15) is 28.6 Å². The number of carboxylic acid groups (broad SMARTS) is 1. The van der Waals surface area contributed by atoms with Gasteiger partial charge in [-0.25, -0.2) is 13.1 Å². The highest BCUT2D eigenvalue weighted by atomic mass is 32.2. The van der Waals surface area contributed by atoms with Crippen molar-refractivity contribution in [3.05, 3.63) is 52.2 Å². The van der Waals surface area contributed by atoms with E-state index in [-0.39, 0.29) is 23.5 Å². The minimum absolute atomic E-state index is 0.0355. The molecule has 9 heteroatoms. The predicted octanol–water partition coefficient (Wildman–Crippen LogP) is 2.16. The van der Waals surface area contributed by atoms with E-state index in [1.54, 1.807) is 0 Å². The second-order valence-electron chi connectivity index (χ2n) is 5.55. The van der Waals surface area contributed by atoms with Crippen LogP contribution in [0, 0.1) is 0 Å². The number of aliphatic carboxylic acids is 1. The van der Waals surface area contributed by atoms with Crippen LogP contribution in [0.3, 0.4) is 0 Å². The summed E-state index contributed by atoms with van der Waals surface area (Å²) in [4.78, 5) is 25.5. The minimum atomic E-state index is -3.78. The number of nitrogens with one attached hydrogen (secondary N) is 1. The molecule has 1 aromatic carbocycles. The van der Waals surface area contributed by atoms with Crippen molar-refractivity contribution in [1.82, 2.24) is 9.62 Å². The van der Waals surface area contributed by atoms with Crippen molar-refractivity contribution in [3.8, 4) is 0 Å². The molecular weight excluding hydrogens is 376 g/mol. The summed E-state index contributed by atoms with van der Waals surface area (Å²) in [6.45, 7) is 1.84. The third kappa shape index (κ3) is 5.38. The summed E-state index contributed by atoms with van der Waals surface area (Å²) in [6, 6.07) is 9.27. The summed E-state index contributed by atoms with van der Waals surface area (Å²) in [5, 5.41) is 10.8. The first-order valence-corrected chi connectivity index (χ1v) is 10.3. The predicted molar refractivity (Wildman–Crippen MR) is 98.6 cm³/mol. The number of rotatable bonds is 9. The molecule has 26 heavy (non-hydrogen) atoms. The van der Waals surface area contributed by atoms with E-state index >= 15 is 0 Å². The van der Waals surface area contributed by atoms with Gasteiger partial charge in [0.05, 0.1) is 4.90 Å². The lowest BCUT2D eigenvalue weighted by atomic mass is 10.2. The molecule has 2 rings (SSSR count). The molecule has 2 aromatic rings. The number of thiophene rings is 1. The average Bonchev–Trinajstić information content (AvgIpc) is 3.12. The van der Waals surface area contributed by atoms with Crippen LogP contribution >= 0.6 is 11.3 Å². The maximum absolute atomic E-state index is 12.5. The topological polar surface area (TPSA) is 104 Å². The zero-order chi connectivity index (χ0) is 19.2. The first kappa shape index (κ1) is 20.1. The van der Waals surface area contributed by atoms with Gasteiger partial charge in [0, 0.05) is 23.5 Å². The largest absolute Gasteiger partial charge is 0.480 e. The molecule has 0 radical (unpaired) electrons. The molecule has 2 N–H and O–H groups in total. The van der Waals surface area contributed by atoms with E-state index in [4.69, 9.17) is 5.11 Å². The quantitative estimate of drug-likeness (QED) is 0.676. The van der Waals surface area contributed by atoms with Crippen molar-refractivity contribution in [2.45, 2.75) is 24.8 Å². The number of carbonyl (C=O) groups is 2. The maximum atomic E-state index is 12.5. The van der Waals surface area contributed by atoms with Gasteiger partial charge in [-0.15, -0.1) is 11.3 Å². The van der Waals surface area contributed by atoms with Gasteiger partial charge in [-0.2, -0.15) is 0 Å². The Kier molecular flexibility index (Phi) is 6.90. The number of hydrogen-bond donors (Lipinski definition) is 2. The van der Waals surface area contributed by atoms with Gasteiger partial charge in [0.15, 0.2) is 0 Å². The van der Waals surface area contributed by atoms with E-state index < -0.39 is 28.4 Å². The number of hydrogen-bond acceptors (Lipinski definition) is 5. The average molecular weight is 396 g/mol. The lowest BCUT2D eigenvalue weighted by Crippen LogP contribution is -2.36. The molecule has 1 aromatic heterocycles. The normalized spacial score (nSPS) is 11.3. The molecule has 0 fully saturated rings. The fourth-order valence-electron chi connectivity index (χ4n) is 2.33. The first-order chi connectivity index (χ1) is 12.3. The molecule has 0 saturated carbocycles. The third-order valence-electron chi connectivity index (χ3n) is 3.51. The fraction of sp³-hybridized carbons (Fsp3) is 0.294. The van der Waals surface area contributed by atoms with E-state index in [1.165, 1.54) is 40.5 Å². The molecule has 0 aliphatic rings. The summed E-state index contributed by atoms with van der Waals surface area (Å²) in [7, 11) is -3.78. The second kappa shape index (κ2) is 8.93. The van der Waals surface area contributed by atoms with Crippen molar-refractivity contribution in [3.63, 3.8) is 0 Å². The van der Waals surface area contributed by atoms with Crippen LogP contribution in [0.5, 0.6) is 0 Å². The summed E-state index contributed by atoms with van der Waals surface area (Å²) >= 11 is 1.44. The van der Waals surface area contributed by atoms with E-state index in [2.05, 4.69) is 4.72 Å². The number of benzene rings is 1. The van der Waals surface area contributed by atoms with Gasteiger partial charge >= 0.3 is 5.97 Å². The molecule has 0 bridgehead atoms. The van der Waals surface area contributed by atoms with Crippen LogP contribution in [0.2, 0.25) is 0 Å². The zero-order valence-corrected chi connectivity index (χ0v) is 15.8. The highest BCUT2D eigenvalue weighted by Crippen LogP contribution is 2.15. The van der Waals surface area contributed by atoms with Crippen molar-refractivity contribution in [2.24, 2.45) is 0 Å². The van der Waals surface area contributed by atoms with Crippen LogP contribution < -0.4 is 4.72 Å². The molecule has 0 aliphatic carbocycles. The smallest absolute Gasteiger partial charge is 0.323 e. The Morgan fingerprint density at radius 1 is 1.23 bits per heavy atom. The van der Waals surface area contributed by atoms with E-state index in [0.29, 0.717) is 6.42 Å². The SMILES string of the molecule is CCCN(CC(=O)O)C(=O)c1cccc(S(=O)(=O)NCc2cccs2)c1. The lowest BCUT2D eigenvalue weighted by molar-refractivity contribution is -0.137. The molecule has 0 unspecified atom stereocenters. The molecule has 1 amide bonds. The maximum Gasteiger partial charge on any atom is 0.323 e. The molecule has 0 saturated heterocycles. The summed E-state index contributed by atoms with van der Waals surface area (Å²) in [5.41, 5.74) is 0.138. The van der Waals surface area contributed by atoms with Crippen molar-refractivity contribution < 1.29 is 23.1 Å². The van der Waals surface area contributed by atoms with Crippen LogP contribution in [0.4, 0.5) is 0 Å². The Morgan fingerprint density at radius 3 is 2.62 bits per heavy atom. The van der Waals surface area contributed by atoms with Gasteiger partial charge in [-0.3, -0.25) is 9.59 Å². The lowest BCUT2D eigenvalue weighted by Gasteiger charge is -2.20. The van der Waals surface area contributed by atoms with E-state index in [0.717, 1.165) is 4.88 Å². The number of amides is 1. The molecular formula is C17H20N2O5S2. The monoisotopic (exact) mass is 396 g/mol. The number of nitrogens with zero attached hydrogens (tertiary/aromatic N) is 1. The Balaban J connectivity index is 2.19. The molecule has 0 spiro atoms. The van der Waals surface area contributed by atoms with Gasteiger partial charge in [-0.05, 0) is 36.1 Å². The number of carboxylic acids is 1. The van der Waals surface area contributed by atoms with Gasteiger partial charge in [0.1, 0.15) is 6.54 Å². The summed E-state index contributed by atoms with van der Waals surface area (Å²) in [6.07, 6.45) is 0.597. The van der Waals surface area contributed by atoms with Gasteiger partial charge < -0.3 is 10.0 Å². The number of sulfonamides is 1.